The zero-order valence-corrected chi connectivity index (χ0v) is 19.3. The average molecular weight is 476 g/mol. The quantitative estimate of drug-likeness (QED) is 0.456. The van der Waals surface area contributed by atoms with Gasteiger partial charge in [-0.05, 0) is 50.2 Å². The van der Waals surface area contributed by atoms with E-state index in [1.165, 1.54) is 0 Å². The van der Waals surface area contributed by atoms with E-state index >= 15 is 0 Å². The molecule has 1 aromatic rings. The minimum absolute atomic E-state index is 0.0216. The molecule has 0 radical (unpaired) electrons. The Labute approximate surface area is 198 Å². The van der Waals surface area contributed by atoms with Crippen LogP contribution in [0.4, 0.5) is 0 Å². The predicted octanol–water partition coefficient (Wildman–Crippen LogP) is 3.70. The van der Waals surface area contributed by atoms with E-state index in [1.54, 1.807) is 11.0 Å². The molecule has 1 saturated heterocycles. The minimum Gasteiger partial charge on any atom is -0.507 e. The van der Waals surface area contributed by atoms with E-state index in [0.717, 1.165) is 51.3 Å². The van der Waals surface area contributed by atoms with Crippen molar-refractivity contribution in [2.75, 3.05) is 26.2 Å². The maximum absolute atomic E-state index is 12.8. The van der Waals surface area contributed by atoms with Crippen molar-refractivity contribution in [3.8, 4) is 11.5 Å². The second-order valence-electron chi connectivity index (χ2n) is 8.05. The summed E-state index contributed by atoms with van der Waals surface area (Å²) in [7, 11) is 0. The Bertz CT molecular complexity index is 952. The Morgan fingerprint density at radius 1 is 1.09 bits per heavy atom. The number of piperidine rings is 1. The molecular formula is C24H30ClN3O5. The molecule has 2 aliphatic heterocycles. The van der Waals surface area contributed by atoms with Crippen molar-refractivity contribution < 1.29 is 24.6 Å². The highest BCUT2D eigenvalue weighted by molar-refractivity contribution is 6.33. The van der Waals surface area contributed by atoms with Crippen molar-refractivity contribution in [3.05, 3.63) is 46.5 Å². The number of hydrogen-bond acceptors (Lipinski definition) is 6. The summed E-state index contributed by atoms with van der Waals surface area (Å²) in [5, 5.41) is 27.3. The molecule has 0 bridgehead atoms. The monoisotopic (exact) mass is 475 g/mol. The molecule has 0 atom stereocenters. The molecule has 1 fully saturated rings. The summed E-state index contributed by atoms with van der Waals surface area (Å²) in [6, 6.07) is 1.05. The fraction of sp³-hybridized carbons (Fsp3) is 0.458. The van der Waals surface area contributed by atoms with E-state index in [4.69, 9.17) is 16.4 Å². The van der Waals surface area contributed by atoms with Crippen LogP contribution in [0, 0.1) is 0 Å². The lowest BCUT2D eigenvalue weighted by molar-refractivity contribution is -0.137. The topological polar surface area (TPSA) is 111 Å². The Kier molecular flexibility index (Phi) is 9.18. The molecule has 178 valence electrons. The summed E-state index contributed by atoms with van der Waals surface area (Å²) >= 11 is 6.32. The first-order valence-electron chi connectivity index (χ1n) is 11.3. The van der Waals surface area contributed by atoms with Gasteiger partial charge in [-0.2, -0.15) is 0 Å². The predicted molar refractivity (Wildman–Crippen MR) is 127 cm³/mol. The van der Waals surface area contributed by atoms with E-state index in [0.29, 0.717) is 18.7 Å². The van der Waals surface area contributed by atoms with E-state index in [1.807, 2.05) is 18.2 Å². The van der Waals surface area contributed by atoms with Gasteiger partial charge in [0.1, 0.15) is 11.5 Å². The van der Waals surface area contributed by atoms with Crippen molar-refractivity contribution in [2.45, 2.75) is 44.9 Å². The molecule has 33 heavy (non-hydrogen) atoms. The molecule has 3 N–H and O–H groups in total. The van der Waals surface area contributed by atoms with Crippen molar-refractivity contribution in [1.82, 2.24) is 10.2 Å². The number of hydrogen-bond donors (Lipinski definition) is 3. The fourth-order valence-corrected chi connectivity index (χ4v) is 4.03. The number of likely N-dealkylation sites (tertiary alicyclic amines) is 1. The van der Waals surface area contributed by atoms with Gasteiger partial charge in [0.2, 0.25) is 0 Å². The van der Waals surface area contributed by atoms with Crippen LogP contribution in [-0.2, 0) is 16.1 Å². The molecule has 1 aromatic carbocycles. The Balaban J connectivity index is 1.86. The van der Waals surface area contributed by atoms with Crippen LogP contribution in [-0.4, -0.2) is 58.9 Å². The van der Waals surface area contributed by atoms with E-state index in [9.17, 15) is 19.8 Å². The van der Waals surface area contributed by atoms with Crippen LogP contribution in [0.15, 0.2) is 35.5 Å². The number of amides is 2. The largest absolute Gasteiger partial charge is 0.507 e. The van der Waals surface area contributed by atoms with Crippen LogP contribution < -0.4 is 5.32 Å². The Hall–Kier alpha value is -3.00. The number of halogens is 1. The smallest absolute Gasteiger partial charge is 0.263 e. The third-order valence-electron chi connectivity index (χ3n) is 5.56. The van der Waals surface area contributed by atoms with Crippen LogP contribution in [0.5, 0.6) is 11.5 Å². The highest BCUT2D eigenvalue weighted by Crippen LogP contribution is 2.36. The number of benzene rings is 1. The molecule has 8 nitrogen and oxygen atoms in total. The fourth-order valence-electron chi connectivity index (χ4n) is 3.82. The molecule has 2 heterocycles. The summed E-state index contributed by atoms with van der Waals surface area (Å²) in [6.45, 7) is 1.66. The van der Waals surface area contributed by atoms with Gasteiger partial charge in [0.15, 0.2) is 6.61 Å². The molecular weight excluding hydrogens is 446 g/mol. The number of nitrogens with one attached hydrogen (secondary N) is 1. The zero-order valence-electron chi connectivity index (χ0n) is 18.6. The first kappa shape index (κ1) is 24.6. The second kappa shape index (κ2) is 12.3. The van der Waals surface area contributed by atoms with Gasteiger partial charge in [0, 0.05) is 32.1 Å². The van der Waals surface area contributed by atoms with Gasteiger partial charge < -0.3 is 25.3 Å². The van der Waals surface area contributed by atoms with E-state index < -0.39 is 5.91 Å². The number of phenolic OH excluding ortho intramolecular Hbond substituents is 2. The molecule has 0 spiro atoms. The third kappa shape index (κ3) is 6.99. The lowest BCUT2D eigenvalue weighted by atomic mass is 9.98. The number of carbonyl (C=O) groups is 2. The van der Waals surface area contributed by atoms with Gasteiger partial charge in [-0.3, -0.25) is 9.59 Å². The first-order chi connectivity index (χ1) is 16.0. The number of rotatable bonds is 3. The molecule has 0 aromatic heterocycles. The summed E-state index contributed by atoms with van der Waals surface area (Å²) in [5.41, 5.74) is 0.612. The lowest BCUT2D eigenvalue weighted by Crippen LogP contribution is -2.37. The molecule has 2 aliphatic rings. The van der Waals surface area contributed by atoms with Crippen molar-refractivity contribution >= 4 is 29.1 Å². The average Bonchev–Trinajstić information content (AvgIpc) is 2.80. The summed E-state index contributed by atoms with van der Waals surface area (Å²) < 4.78 is 0. The molecule has 0 saturated carbocycles. The van der Waals surface area contributed by atoms with Crippen LogP contribution in [0.25, 0.3) is 0 Å². The van der Waals surface area contributed by atoms with Gasteiger partial charge in [-0.1, -0.05) is 35.0 Å². The molecule has 2 amide bonds. The van der Waals surface area contributed by atoms with Gasteiger partial charge in [-0.15, -0.1) is 0 Å². The lowest BCUT2D eigenvalue weighted by Gasteiger charge is -2.26. The Morgan fingerprint density at radius 2 is 1.82 bits per heavy atom. The van der Waals surface area contributed by atoms with Gasteiger partial charge in [-0.25, -0.2) is 0 Å². The highest BCUT2D eigenvalue weighted by atomic mass is 35.5. The van der Waals surface area contributed by atoms with Gasteiger partial charge in [0.25, 0.3) is 11.8 Å². The first-order valence-corrected chi connectivity index (χ1v) is 11.6. The maximum atomic E-state index is 12.8. The van der Waals surface area contributed by atoms with Gasteiger partial charge in [0.05, 0.1) is 16.3 Å². The van der Waals surface area contributed by atoms with Crippen LogP contribution >= 0.6 is 11.6 Å². The summed E-state index contributed by atoms with van der Waals surface area (Å²) in [5.74, 6) is -1.34. The van der Waals surface area contributed by atoms with Crippen LogP contribution in [0.2, 0.25) is 5.02 Å². The molecule has 0 aliphatic carbocycles. The maximum Gasteiger partial charge on any atom is 0.263 e. The van der Waals surface area contributed by atoms with Crippen molar-refractivity contribution in [2.24, 2.45) is 5.16 Å². The second-order valence-corrected chi connectivity index (χ2v) is 8.43. The van der Waals surface area contributed by atoms with E-state index in [-0.39, 0.29) is 46.6 Å². The van der Waals surface area contributed by atoms with Crippen LogP contribution in [0.3, 0.4) is 0 Å². The Morgan fingerprint density at radius 3 is 2.61 bits per heavy atom. The standard InChI is InChI=1S/C24H30ClN3O5/c25-23-18-14-17(27-33-16-21(31)28-12-8-5-9-13-28)10-6-3-1-2-4-7-11-26-24(32)22(18)19(29)15-20(23)30/h2,4,6,10,15,29-30H,1,3,5,7-9,11-14,16H2,(H,26,32). The molecule has 9 heteroatoms. The third-order valence-corrected chi connectivity index (χ3v) is 5.98. The highest BCUT2D eigenvalue weighted by Gasteiger charge is 2.23. The van der Waals surface area contributed by atoms with Crippen molar-refractivity contribution in [1.29, 1.82) is 0 Å². The number of nitrogens with zero attached hydrogens (tertiary/aromatic N) is 2. The number of carbonyl (C=O) groups excluding carboxylic acids is 2. The van der Waals surface area contributed by atoms with Crippen molar-refractivity contribution in [3.63, 3.8) is 0 Å². The number of aromatic hydroxyl groups is 2. The van der Waals surface area contributed by atoms with Crippen LogP contribution in [0.1, 0.15) is 54.4 Å². The summed E-state index contributed by atoms with van der Waals surface area (Å²) in [6.07, 6.45) is 13.0. The number of oxime groups is 1. The minimum atomic E-state index is -0.501. The van der Waals surface area contributed by atoms with E-state index in [2.05, 4.69) is 10.5 Å². The summed E-state index contributed by atoms with van der Waals surface area (Å²) in [4.78, 5) is 32.3. The number of fused-ring (bicyclic) bond motifs is 1. The molecule has 3 rings (SSSR count). The number of phenols is 2. The number of allylic oxidation sites excluding steroid dienone is 3. The molecule has 0 unspecified atom stereocenters. The SMILES string of the molecule is O=C1NCCC=CCCC=CC(=NOCC(=O)N2CCCCC2)Cc2c(Cl)c(O)cc(O)c21. The normalized spacial score (nSPS) is 19.0. The zero-order chi connectivity index (χ0) is 23.6. The van der Waals surface area contributed by atoms with Gasteiger partial charge >= 0.3 is 0 Å².